The first-order valence-electron chi connectivity index (χ1n) is 13.4. The fraction of sp³-hybridized carbons (Fsp3) is 0.265. The van der Waals surface area contributed by atoms with E-state index in [1.165, 1.54) is 50.5 Å². The standard InChI is InChI=1S/C34H35N2O/c1-21(2)25-14-11-15-26(22(3)4)33(25)36-29-16-9-10-17-32(29)37-34-28-19-30(27-13-8-7-12-23(27)5)35(6)20-24(28)18-31(34)36/h7-17,19-22H,18H2,1-6H3/q+1. The molecule has 186 valence electrons. The largest absolute Gasteiger partial charge is 0.453 e. The lowest BCUT2D eigenvalue weighted by molar-refractivity contribution is -0.660. The number of pyridine rings is 1. The van der Waals surface area contributed by atoms with Gasteiger partial charge in [-0.1, -0.05) is 76.2 Å². The Bertz CT molecular complexity index is 1530. The molecule has 6 rings (SSSR count). The lowest BCUT2D eigenvalue weighted by atomic mass is 9.91. The summed E-state index contributed by atoms with van der Waals surface area (Å²) in [5.74, 6) is 2.70. The van der Waals surface area contributed by atoms with Crippen LogP contribution in [0.4, 0.5) is 11.4 Å². The van der Waals surface area contributed by atoms with Crippen molar-refractivity contribution in [3.05, 3.63) is 113 Å². The Hall–Kier alpha value is -3.85. The third-order valence-corrected chi connectivity index (χ3v) is 7.80. The average molecular weight is 488 g/mol. The van der Waals surface area contributed by atoms with Crippen LogP contribution in [0.2, 0.25) is 0 Å². The van der Waals surface area contributed by atoms with Gasteiger partial charge in [0.15, 0.2) is 17.7 Å². The molecule has 37 heavy (non-hydrogen) atoms. The summed E-state index contributed by atoms with van der Waals surface area (Å²) < 4.78 is 8.99. The molecular formula is C34H35N2O+. The van der Waals surface area contributed by atoms with Crippen molar-refractivity contribution < 1.29 is 9.30 Å². The SMILES string of the molecule is Cc1ccccc1-c1cc2c(c[n+]1C)CC1=C2Oc2ccccc2N1c1c(C(C)C)cccc1C(C)C. The van der Waals surface area contributed by atoms with Crippen molar-refractivity contribution in [2.45, 2.75) is 52.9 Å². The number of aromatic nitrogens is 1. The number of aryl methyl sites for hydroxylation is 2. The zero-order valence-corrected chi connectivity index (χ0v) is 22.7. The molecule has 0 radical (unpaired) electrons. The van der Waals surface area contributed by atoms with E-state index in [0.717, 1.165) is 23.6 Å². The Morgan fingerprint density at radius 1 is 0.811 bits per heavy atom. The first-order valence-corrected chi connectivity index (χ1v) is 13.4. The lowest BCUT2D eigenvalue weighted by Gasteiger charge is -2.36. The zero-order valence-electron chi connectivity index (χ0n) is 22.7. The lowest BCUT2D eigenvalue weighted by Crippen LogP contribution is -2.31. The Labute approximate surface area is 220 Å². The van der Waals surface area contributed by atoms with Crippen LogP contribution in [0.15, 0.2) is 84.7 Å². The van der Waals surface area contributed by atoms with Crippen molar-refractivity contribution in [1.29, 1.82) is 0 Å². The molecule has 0 saturated heterocycles. The van der Waals surface area contributed by atoms with E-state index in [2.05, 4.69) is 130 Å². The molecule has 0 fully saturated rings. The van der Waals surface area contributed by atoms with E-state index in [4.69, 9.17) is 4.74 Å². The van der Waals surface area contributed by atoms with Crippen LogP contribution in [0.1, 0.15) is 67.3 Å². The van der Waals surface area contributed by atoms with Gasteiger partial charge in [-0.05, 0) is 53.6 Å². The van der Waals surface area contributed by atoms with Crippen molar-refractivity contribution in [3.8, 4) is 17.0 Å². The first kappa shape index (κ1) is 23.5. The highest BCUT2D eigenvalue weighted by Crippen LogP contribution is 2.52. The first-order chi connectivity index (χ1) is 17.8. The summed E-state index contributed by atoms with van der Waals surface area (Å²) >= 11 is 0. The highest BCUT2D eigenvalue weighted by atomic mass is 16.5. The van der Waals surface area contributed by atoms with Gasteiger partial charge in [0.2, 0.25) is 5.69 Å². The van der Waals surface area contributed by atoms with Crippen molar-refractivity contribution in [3.63, 3.8) is 0 Å². The van der Waals surface area contributed by atoms with Gasteiger partial charge in [-0.2, -0.15) is 0 Å². The molecule has 0 atom stereocenters. The molecule has 0 spiro atoms. The Kier molecular flexibility index (Phi) is 5.67. The van der Waals surface area contributed by atoms with Crippen molar-refractivity contribution in [1.82, 2.24) is 0 Å². The number of ether oxygens (including phenoxy) is 1. The van der Waals surface area contributed by atoms with Crippen LogP contribution in [0, 0.1) is 6.92 Å². The monoisotopic (exact) mass is 487 g/mol. The number of fused-ring (bicyclic) bond motifs is 3. The molecular weight excluding hydrogens is 452 g/mol. The molecule has 0 amide bonds. The minimum atomic E-state index is 0.405. The highest BCUT2D eigenvalue weighted by molar-refractivity contribution is 5.90. The Morgan fingerprint density at radius 2 is 1.49 bits per heavy atom. The molecule has 2 heterocycles. The predicted molar refractivity (Wildman–Crippen MR) is 152 cm³/mol. The van der Waals surface area contributed by atoms with Crippen molar-refractivity contribution in [2.75, 3.05) is 4.90 Å². The van der Waals surface area contributed by atoms with E-state index in [1.807, 2.05) is 0 Å². The Balaban J connectivity index is 1.60. The van der Waals surface area contributed by atoms with Gasteiger partial charge in [-0.15, -0.1) is 0 Å². The molecule has 0 N–H and O–H groups in total. The van der Waals surface area contributed by atoms with Gasteiger partial charge in [-0.3, -0.25) is 0 Å². The second-order valence-corrected chi connectivity index (χ2v) is 11.0. The van der Waals surface area contributed by atoms with Crippen LogP contribution in [-0.2, 0) is 13.5 Å². The van der Waals surface area contributed by atoms with Crippen LogP contribution in [-0.4, -0.2) is 0 Å². The maximum absolute atomic E-state index is 6.72. The van der Waals surface area contributed by atoms with Crippen LogP contribution in [0.25, 0.3) is 17.0 Å². The summed E-state index contributed by atoms with van der Waals surface area (Å²) in [6.07, 6.45) is 3.13. The number of para-hydroxylation sites is 3. The third kappa shape index (κ3) is 3.76. The average Bonchev–Trinajstić information content (AvgIpc) is 3.23. The van der Waals surface area contributed by atoms with Crippen LogP contribution >= 0.6 is 0 Å². The van der Waals surface area contributed by atoms with Gasteiger partial charge in [0.25, 0.3) is 0 Å². The van der Waals surface area contributed by atoms with E-state index in [0.29, 0.717) is 11.8 Å². The molecule has 1 aliphatic heterocycles. The maximum atomic E-state index is 6.72. The number of nitrogens with zero attached hydrogens (tertiary/aromatic N) is 2. The van der Waals surface area contributed by atoms with Crippen molar-refractivity contribution >= 4 is 17.1 Å². The fourth-order valence-electron chi connectivity index (χ4n) is 5.90. The summed E-state index contributed by atoms with van der Waals surface area (Å²) in [7, 11) is 2.15. The van der Waals surface area contributed by atoms with Crippen LogP contribution < -0.4 is 14.2 Å². The number of hydrogen-bond donors (Lipinski definition) is 0. The van der Waals surface area contributed by atoms with Gasteiger partial charge in [0, 0.05) is 29.2 Å². The molecule has 2 aliphatic rings. The van der Waals surface area contributed by atoms with Gasteiger partial charge >= 0.3 is 0 Å². The number of benzene rings is 3. The molecule has 1 aliphatic carbocycles. The molecule has 0 bridgehead atoms. The second kappa shape index (κ2) is 8.92. The third-order valence-electron chi connectivity index (χ3n) is 7.80. The minimum absolute atomic E-state index is 0.405. The molecule has 3 aromatic carbocycles. The van der Waals surface area contributed by atoms with E-state index < -0.39 is 0 Å². The molecule has 0 saturated carbocycles. The number of rotatable bonds is 4. The summed E-state index contributed by atoms with van der Waals surface area (Å²) in [4.78, 5) is 2.51. The molecule has 4 aromatic rings. The van der Waals surface area contributed by atoms with Gasteiger partial charge < -0.3 is 9.64 Å². The summed E-state index contributed by atoms with van der Waals surface area (Å²) in [5.41, 5.74) is 12.6. The van der Waals surface area contributed by atoms with E-state index >= 15 is 0 Å². The van der Waals surface area contributed by atoms with E-state index in [1.54, 1.807) is 0 Å². The normalized spacial score (nSPS) is 14.1. The topological polar surface area (TPSA) is 16.4 Å². The number of allylic oxidation sites excluding steroid dienone is 1. The predicted octanol–water partition coefficient (Wildman–Crippen LogP) is 8.19. The number of anilines is 2. The quantitative estimate of drug-likeness (QED) is 0.270. The van der Waals surface area contributed by atoms with E-state index in [-0.39, 0.29) is 0 Å². The highest BCUT2D eigenvalue weighted by Gasteiger charge is 2.38. The van der Waals surface area contributed by atoms with Gasteiger partial charge in [-0.25, -0.2) is 4.57 Å². The fourth-order valence-corrected chi connectivity index (χ4v) is 5.90. The van der Waals surface area contributed by atoms with Crippen LogP contribution in [0.3, 0.4) is 0 Å². The maximum Gasteiger partial charge on any atom is 0.213 e. The minimum Gasteiger partial charge on any atom is -0.453 e. The Morgan fingerprint density at radius 3 is 2.19 bits per heavy atom. The number of hydrogen-bond acceptors (Lipinski definition) is 2. The smallest absolute Gasteiger partial charge is 0.213 e. The van der Waals surface area contributed by atoms with E-state index in [9.17, 15) is 0 Å². The summed E-state index contributed by atoms with van der Waals surface area (Å²) in [6.45, 7) is 11.4. The molecule has 3 heteroatoms. The van der Waals surface area contributed by atoms with Gasteiger partial charge in [0.05, 0.1) is 17.1 Å². The van der Waals surface area contributed by atoms with Gasteiger partial charge in [0.1, 0.15) is 7.05 Å². The molecule has 3 nitrogen and oxygen atoms in total. The summed E-state index contributed by atoms with van der Waals surface area (Å²) in [6, 6.07) is 26.2. The zero-order chi connectivity index (χ0) is 25.8. The summed E-state index contributed by atoms with van der Waals surface area (Å²) in [5, 5.41) is 0. The van der Waals surface area contributed by atoms with Crippen LogP contribution in [0.5, 0.6) is 5.75 Å². The second-order valence-electron chi connectivity index (χ2n) is 11.0. The molecule has 1 aromatic heterocycles. The molecule has 0 unspecified atom stereocenters. The van der Waals surface area contributed by atoms with Crippen molar-refractivity contribution in [2.24, 2.45) is 7.05 Å².